The Kier molecular flexibility index (Phi) is 7.91. The zero-order valence-electron chi connectivity index (χ0n) is 12.9. The van der Waals surface area contributed by atoms with Gasteiger partial charge >= 0.3 is 5.97 Å². The Labute approximate surface area is 129 Å². The molecule has 1 amide bonds. The number of esters is 1. The Morgan fingerprint density at radius 2 is 2.23 bits per heavy atom. The van der Waals surface area contributed by atoms with Crippen LogP contribution >= 0.6 is 0 Å². The van der Waals surface area contributed by atoms with E-state index < -0.39 is 12.0 Å². The number of nitrogens with zero attached hydrogens (tertiary/aromatic N) is 1. The third kappa shape index (κ3) is 6.09. The lowest BCUT2D eigenvalue weighted by molar-refractivity contribution is -0.147. The largest absolute Gasteiger partial charge is 0.481 e. The maximum Gasteiger partial charge on any atom is 0.328 e. The topological polar surface area (TPSA) is 97.8 Å². The van der Waals surface area contributed by atoms with Gasteiger partial charge in [0.1, 0.15) is 6.04 Å². The van der Waals surface area contributed by atoms with Crippen LogP contribution in [0.3, 0.4) is 0 Å². The average molecular weight is 310 g/mol. The third-order valence-corrected chi connectivity index (χ3v) is 2.92. The quantitative estimate of drug-likeness (QED) is 0.643. The molecule has 0 bridgehead atoms. The predicted molar refractivity (Wildman–Crippen MR) is 79.4 cm³/mol. The van der Waals surface area contributed by atoms with E-state index in [1.54, 1.807) is 25.3 Å². The minimum atomic E-state index is -0.779. The molecule has 7 nitrogen and oxygen atoms in total. The summed E-state index contributed by atoms with van der Waals surface area (Å²) in [5, 5.41) is 11.4. The van der Waals surface area contributed by atoms with Gasteiger partial charge in [-0.3, -0.25) is 4.79 Å². The highest BCUT2D eigenvalue weighted by molar-refractivity contribution is 5.84. The lowest BCUT2D eigenvalue weighted by Gasteiger charge is -2.17. The Balaban J connectivity index is 2.76. The summed E-state index contributed by atoms with van der Waals surface area (Å²) in [5.74, 6) is -0.351. The van der Waals surface area contributed by atoms with E-state index in [4.69, 9.17) is 14.6 Å². The molecular formula is C15H22N2O5. The number of methoxy groups -OCH3 is 1. The molecular weight excluding hydrogens is 288 g/mol. The number of pyridine rings is 1. The highest BCUT2D eigenvalue weighted by Crippen LogP contribution is 2.11. The number of hydrogen-bond acceptors (Lipinski definition) is 6. The van der Waals surface area contributed by atoms with Gasteiger partial charge in [0, 0.05) is 31.7 Å². The van der Waals surface area contributed by atoms with Crippen molar-refractivity contribution in [1.82, 2.24) is 10.3 Å². The Bertz CT molecular complexity index is 493. The van der Waals surface area contributed by atoms with E-state index in [-0.39, 0.29) is 32.0 Å². The first kappa shape index (κ1) is 17.9. The lowest BCUT2D eigenvalue weighted by atomic mass is 10.1. The van der Waals surface area contributed by atoms with Crippen LogP contribution in [-0.4, -0.2) is 48.3 Å². The Morgan fingerprint density at radius 3 is 2.86 bits per heavy atom. The number of carbonyl (C=O) groups excluding carboxylic acids is 2. The van der Waals surface area contributed by atoms with Gasteiger partial charge < -0.3 is 19.9 Å². The lowest BCUT2D eigenvalue weighted by Crippen LogP contribution is -2.43. The number of amides is 1. The average Bonchev–Trinajstić information content (AvgIpc) is 2.52. The molecule has 1 rings (SSSR count). The third-order valence-electron chi connectivity index (χ3n) is 2.92. The first-order valence-electron chi connectivity index (χ1n) is 7.16. The van der Waals surface area contributed by atoms with E-state index in [0.29, 0.717) is 12.3 Å². The molecule has 0 aliphatic rings. The molecule has 122 valence electrons. The molecule has 0 aromatic carbocycles. The van der Waals surface area contributed by atoms with Gasteiger partial charge in [0.2, 0.25) is 11.8 Å². The first-order valence-corrected chi connectivity index (χ1v) is 7.16. The summed E-state index contributed by atoms with van der Waals surface area (Å²) in [6.45, 7) is 1.87. The van der Waals surface area contributed by atoms with Crippen molar-refractivity contribution in [1.29, 1.82) is 0 Å². The highest BCUT2D eigenvalue weighted by Gasteiger charge is 2.22. The van der Waals surface area contributed by atoms with Gasteiger partial charge in [-0.2, -0.15) is 0 Å². The van der Waals surface area contributed by atoms with Crippen molar-refractivity contribution < 1.29 is 24.2 Å². The molecule has 0 fully saturated rings. The van der Waals surface area contributed by atoms with E-state index in [0.717, 1.165) is 5.56 Å². The smallest absolute Gasteiger partial charge is 0.328 e. The summed E-state index contributed by atoms with van der Waals surface area (Å²) in [6.07, 6.45) is 2.36. The van der Waals surface area contributed by atoms with E-state index >= 15 is 0 Å². The first-order chi connectivity index (χ1) is 10.6. The minimum absolute atomic E-state index is 0.0704. The Hall–Kier alpha value is -2.15. The summed E-state index contributed by atoms with van der Waals surface area (Å²) in [5.41, 5.74) is 0.798. The molecule has 0 aliphatic carbocycles. The molecule has 0 radical (unpaired) electrons. The van der Waals surface area contributed by atoms with Crippen molar-refractivity contribution in [3.8, 4) is 5.88 Å². The SMILES string of the molecule is CCOC(=O)[C@H](Cc1ccnc(OC)c1)NC(=O)CCCO. The highest BCUT2D eigenvalue weighted by atomic mass is 16.5. The summed E-state index contributed by atoms with van der Waals surface area (Å²) in [7, 11) is 1.51. The Morgan fingerprint density at radius 1 is 1.45 bits per heavy atom. The van der Waals surface area contributed by atoms with E-state index in [1.165, 1.54) is 7.11 Å². The normalized spacial score (nSPS) is 11.6. The summed E-state index contributed by atoms with van der Waals surface area (Å²) >= 11 is 0. The molecule has 0 saturated heterocycles. The van der Waals surface area contributed by atoms with Gasteiger partial charge in [-0.05, 0) is 25.0 Å². The number of hydrogen-bond donors (Lipinski definition) is 2. The second-order valence-electron chi connectivity index (χ2n) is 4.61. The number of ether oxygens (including phenoxy) is 2. The molecule has 2 N–H and O–H groups in total. The monoisotopic (exact) mass is 310 g/mol. The van der Waals surface area contributed by atoms with Crippen molar-refractivity contribution in [3.63, 3.8) is 0 Å². The number of nitrogens with one attached hydrogen (secondary N) is 1. The zero-order chi connectivity index (χ0) is 16.4. The van der Waals surface area contributed by atoms with Crippen LogP contribution in [0.2, 0.25) is 0 Å². The molecule has 1 aromatic heterocycles. The number of aliphatic hydroxyl groups excluding tert-OH is 1. The molecule has 1 atom stereocenters. The second-order valence-corrected chi connectivity index (χ2v) is 4.61. The fraction of sp³-hybridized carbons (Fsp3) is 0.533. The van der Waals surface area contributed by atoms with Crippen molar-refractivity contribution in [3.05, 3.63) is 23.9 Å². The molecule has 0 spiro atoms. The van der Waals surface area contributed by atoms with Crippen LogP contribution in [-0.2, 0) is 20.7 Å². The summed E-state index contributed by atoms with van der Waals surface area (Å²) in [4.78, 5) is 27.7. The van der Waals surface area contributed by atoms with Gasteiger partial charge in [-0.1, -0.05) is 0 Å². The molecule has 22 heavy (non-hydrogen) atoms. The van der Waals surface area contributed by atoms with Crippen molar-refractivity contribution in [2.24, 2.45) is 0 Å². The van der Waals surface area contributed by atoms with Gasteiger partial charge in [0.15, 0.2) is 0 Å². The van der Waals surface area contributed by atoms with Crippen LogP contribution in [0.15, 0.2) is 18.3 Å². The van der Waals surface area contributed by atoms with Gasteiger partial charge in [-0.25, -0.2) is 9.78 Å². The van der Waals surface area contributed by atoms with Crippen LogP contribution in [0.4, 0.5) is 0 Å². The summed E-state index contributed by atoms with van der Waals surface area (Å²) in [6, 6.07) is 2.67. The summed E-state index contributed by atoms with van der Waals surface area (Å²) < 4.78 is 10.0. The number of rotatable bonds is 9. The van der Waals surface area contributed by atoms with Crippen LogP contribution in [0, 0.1) is 0 Å². The fourth-order valence-electron chi connectivity index (χ4n) is 1.87. The molecule has 7 heteroatoms. The molecule has 1 heterocycles. The van der Waals surface area contributed by atoms with Crippen LogP contribution in [0.1, 0.15) is 25.3 Å². The predicted octanol–water partition coefficient (Wildman–Crippen LogP) is 0.453. The van der Waals surface area contributed by atoms with E-state index in [2.05, 4.69) is 10.3 Å². The van der Waals surface area contributed by atoms with Gasteiger partial charge in [0.25, 0.3) is 0 Å². The zero-order valence-corrected chi connectivity index (χ0v) is 12.9. The number of aromatic nitrogens is 1. The standard InChI is InChI=1S/C15H22N2O5/c1-3-22-15(20)12(17-13(19)5-4-8-18)9-11-6-7-16-14(10-11)21-2/h6-7,10,12,18H,3-5,8-9H2,1-2H3,(H,17,19)/t12-/m0/s1. The van der Waals surface area contributed by atoms with Crippen LogP contribution in [0.5, 0.6) is 5.88 Å². The van der Waals surface area contributed by atoms with Crippen molar-refractivity contribution >= 4 is 11.9 Å². The van der Waals surface area contributed by atoms with E-state index in [9.17, 15) is 9.59 Å². The number of carbonyl (C=O) groups is 2. The molecule has 1 aromatic rings. The van der Waals surface area contributed by atoms with Gasteiger partial charge in [0.05, 0.1) is 13.7 Å². The van der Waals surface area contributed by atoms with Crippen LogP contribution < -0.4 is 10.1 Å². The maximum absolute atomic E-state index is 12.0. The fourth-order valence-corrected chi connectivity index (χ4v) is 1.87. The number of aliphatic hydroxyl groups is 1. The second kappa shape index (κ2) is 9.73. The maximum atomic E-state index is 12.0. The molecule has 0 aliphatic heterocycles. The minimum Gasteiger partial charge on any atom is -0.481 e. The van der Waals surface area contributed by atoms with Crippen molar-refractivity contribution in [2.75, 3.05) is 20.3 Å². The van der Waals surface area contributed by atoms with E-state index in [1.807, 2.05) is 0 Å². The van der Waals surface area contributed by atoms with Crippen LogP contribution in [0.25, 0.3) is 0 Å². The molecule has 0 unspecified atom stereocenters. The van der Waals surface area contributed by atoms with Crippen molar-refractivity contribution in [2.45, 2.75) is 32.2 Å². The molecule has 0 saturated carbocycles. The van der Waals surface area contributed by atoms with Gasteiger partial charge in [-0.15, -0.1) is 0 Å².